The van der Waals surface area contributed by atoms with Gasteiger partial charge in [-0.25, -0.2) is 15.8 Å². The molecule has 0 aliphatic heterocycles. The lowest BCUT2D eigenvalue weighted by atomic mass is 9.94. The lowest BCUT2D eigenvalue weighted by molar-refractivity contribution is 0.606. The molecule has 2 aromatic heterocycles. The number of aryl methyl sites for hydroxylation is 1. The highest BCUT2D eigenvalue weighted by Gasteiger charge is 2.22. The number of hydrazine groups is 1. The van der Waals surface area contributed by atoms with Gasteiger partial charge in [-0.15, -0.1) is 11.3 Å². The van der Waals surface area contributed by atoms with Crippen LogP contribution in [0.5, 0.6) is 0 Å². The Labute approximate surface area is 129 Å². The average molecular weight is 303 g/mol. The summed E-state index contributed by atoms with van der Waals surface area (Å²) in [6, 6.07) is 2.58. The maximum absolute atomic E-state index is 5.58. The van der Waals surface area contributed by atoms with Crippen molar-refractivity contribution in [1.29, 1.82) is 0 Å². The third-order valence-corrected chi connectivity index (χ3v) is 4.94. The van der Waals surface area contributed by atoms with E-state index < -0.39 is 0 Å². The molecule has 1 atom stereocenters. The largest absolute Gasteiger partial charge is 0.363 e. The maximum Gasteiger partial charge on any atom is 0.148 e. The van der Waals surface area contributed by atoms with Crippen LogP contribution in [-0.2, 0) is 12.8 Å². The summed E-state index contributed by atoms with van der Waals surface area (Å²) in [6.07, 6.45) is 7.07. The Kier molecular flexibility index (Phi) is 4.36. The highest BCUT2D eigenvalue weighted by Crippen LogP contribution is 2.36. The van der Waals surface area contributed by atoms with Crippen LogP contribution in [0.1, 0.15) is 48.2 Å². The highest BCUT2D eigenvalue weighted by molar-refractivity contribution is 7.10. The van der Waals surface area contributed by atoms with E-state index in [9.17, 15) is 0 Å². The van der Waals surface area contributed by atoms with Gasteiger partial charge in [0.15, 0.2) is 0 Å². The zero-order chi connectivity index (χ0) is 14.7. The first kappa shape index (κ1) is 14.3. The van der Waals surface area contributed by atoms with Crippen molar-refractivity contribution in [3.05, 3.63) is 33.8 Å². The Balaban J connectivity index is 1.89. The third kappa shape index (κ3) is 2.87. The standard InChI is InChI=1S/C15H21N5S/c1-2-4-11-14(17-9-18-15(11)20-16)19-12-5-3-6-13-10(12)7-8-21-13/h7-9,12H,2-6,16H2,1H3,(H2,17,18,19,20). The minimum atomic E-state index is 0.344. The maximum atomic E-state index is 5.58. The van der Waals surface area contributed by atoms with Crippen LogP contribution in [-0.4, -0.2) is 9.97 Å². The molecular weight excluding hydrogens is 282 g/mol. The van der Waals surface area contributed by atoms with Crippen LogP contribution in [0.15, 0.2) is 17.8 Å². The summed E-state index contributed by atoms with van der Waals surface area (Å²) in [6.45, 7) is 2.15. The lowest BCUT2D eigenvalue weighted by Gasteiger charge is -2.25. The van der Waals surface area contributed by atoms with E-state index in [0.717, 1.165) is 36.5 Å². The number of nitrogen functional groups attached to an aromatic ring is 1. The van der Waals surface area contributed by atoms with Gasteiger partial charge >= 0.3 is 0 Å². The van der Waals surface area contributed by atoms with E-state index in [1.165, 1.54) is 23.3 Å². The van der Waals surface area contributed by atoms with Crippen LogP contribution < -0.4 is 16.6 Å². The van der Waals surface area contributed by atoms with Gasteiger partial charge in [0.2, 0.25) is 0 Å². The Bertz CT molecular complexity index is 610. The minimum Gasteiger partial charge on any atom is -0.363 e. The summed E-state index contributed by atoms with van der Waals surface area (Å²) in [5.74, 6) is 7.20. The molecule has 4 N–H and O–H groups in total. The van der Waals surface area contributed by atoms with E-state index in [4.69, 9.17) is 5.84 Å². The molecule has 21 heavy (non-hydrogen) atoms. The summed E-state index contributed by atoms with van der Waals surface area (Å²) in [4.78, 5) is 10.2. The molecule has 0 saturated heterocycles. The van der Waals surface area contributed by atoms with E-state index in [2.05, 4.69) is 39.1 Å². The van der Waals surface area contributed by atoms with Crippen molar-refractivity contribution >= 4 is 23.0 Å². The minimum absolute atomic E-state index is 0.344. The number of rotatable bonds is 5. The van der Waals surface area contributed by atoms with Crippen LogP contribution in [0.4, 0.5) is 11.6 Å². The first-order valence-corrected chi connectivity index (χ1v) is 8.34. The number of nitrogens with zero attached hydrogens (tertiary/aromatic N) is 2. The fourth-order valence-corrected chi connectivity index (χ4v) is 3.94. The van der Waals surface area contributed by atoms with Gasteiger partial charge in [-0.2, -0.15) is 0 Å². The smallest absolute Gasteiger partial charge is 0.148 e. The number of nitrogens with one attached hydrogen (secondary N) is 2. The van der Waals surface area contributed by atoms with Crippen molar-refractivity contribution in [2.75, 3.05) is 10.7 Å². The van der Waals surface area contributed by atoms with E-state index >= 15 is 0 Å². The molecule has 0 radical (unpaired) electrons. The van der Waals surface area contributed by atoms with Crippen molar-refractivity contribution in [2.45, 2.75) is 45.1 Å². The zero-order valence-corrected chi connectivity index (χ0v) is 13.0. The molecule has 6 heteroatoms. The number of anilines is 2. The predicted molar refractivity (Wildman–Crippen MR) is 87.5 cm³/mol. The summed E-state index contributed by atoms with van der Waals surface area (Å²) in [5, 5.41) is 5.80. The predicted octanol–water partition coefficient (Wildman–Crippen LogP) is 3.27. The molecule has 0 bridgehead atoms. The first-order valence-electron chi connectivity index (χ1n) is 7.46. The normalized spacial score (nSPS) is 17.3. The molecule has 2 aromatic rings. The molecular formula is C15H21N5S. The molecule has 1 aliphatic carbocycles. The number of aromatic nitrogens is 2. The van der Waals surface area contributed by atoms with E-state index in [-0.39, 0.29) is 0 Å². The van der Waals surface area contributed by atoms with Gasteiger partial charge in [-0.1, -0.05) is 13.3 Å². The molecule has 3 rings (SSSR count). The molecule has 0 amide bonds. The number of nitrogens with two attached hydrogens (primary N) is 1. The van der Waals surface area contributed by atoms with Gasteiger partial charge in [0, 0.05) is 10.4 Å². The molecule has 1 unspecified atom stereocenters. The Hall–Kier alpha value is -1.66. The quantitative estimate of drug-likeness (QED) is 0.584. The number of hydrogen-bond donors (Lipinski definition) is 3. The summed E-state index contributed by atoms with van der Waals surface area (Å²) < 4.78 is 0. The third-order valence-electron chi connectivity index (χ3n) is 3.94. The monoisotopic (exact) mass is 303 g/mol. The number of thiophene rings is 1. The Morgan fingerprint density at radius 2 is 2.24 bits per heavy atom. The topological polar surface area (TPSA) is 75.9 Å². The summed E-state index contributed by atoms with van der Waals surface area (Å²) in [5.41, 5.74) is 5.18. The second-order valence-electron chi connectivity index (χ2n) is 5.33. The molecule has 0 saturated carbocycles. The highest BCUT2D eigenvalue weighted by atomic mass is 32.1. The first-order chi connectivity index (χ1) is 10.3. The van der Waals surface area contributed by atoms with Crippen molar-refractivity contribution in [3.63, 3.8) is 0 Å². The van der Waals surface area contributed by atoms with Crippen molar-refractivity contribution in [3.8, 4) is 0 Å². The van der Waals surface area contributed by atoms with Crippen LogP contribution in [0.3, 0.4) is 0 Å². The van der Waals surface area contributed by atoms with E-state index in [1.807, 2.05) is 11.3 Å². The van der Waals surface area contributed by atoms with E-state index in [1.54, 1.807) is 6.33 Å². The molecule has 5 nitrogen and oxygen atoms in total. The van der Waals surface area contributed by atoms with E-state index in [0.29, 0.717) is 6.04 Å². The molecule has 0 aromatic carbocycles. The Morgan fingerprint density at radius 3 is 3.05 bits per heavy atom. The molecule has 0 spiro atoms. The fraction of sp³-hybridized carbons (Fsp3) is 0.467. The van der Waals surface area contributed by atoms with Gasteiger partial charge in [-0.3, -0.25) is 0 Å². The van der Waals surface area contributed by atoms with Crippen LogP contribution in [0, 0.1) is 0 Å². The Morgan fingerprint density at radius 1 is 1.38 bits per heavy atom. The summed E-state index contributed by atoms with van der Waals surface area (Å²) >= 11 is 1.86. The van der Waals surface area contributed by atoms with Crippen molar-refractivity contribution in [2.24, 2.45) is 5.84 Å². The van der Waals surface area contributed by atoms with Crippen molar-refractivity contribution in [1.82, 2.24) is 9.97 Å². The fourth-order valence-electron chi connectivity index (χ4n) is 2.95. The van der Waals surface area contributed by atoms with Gasteiger partial charge < -0.3 is 10.7 Å². The SMILES string of the molecule is CCCc1c(NN)ncnc1NC1CCCc2sccc21. The summed E-state index contributed by atoms with van der Waals surface area (Å²) in [7, 11) is 0. The molecule has 112 valence electrons. The van der Waals surface area contributed by atoms with Gasteiger partial charge in [0.05, 0.1) is 6.04 Å². The molecule has 2 heterocycles. The second kappa shape index (κ2) is 6.41. The number of fused-ring (bicyclic) bond motifs is 1. The van der Waals surface area contributed by atoms with Crippen molar-refractivity contribution < 1.29 is 0 Å². The van der Waals surface area contributed by atoms with Gasteiger partial charge in [-0.05, 0) is 42.7 Å². The number of hydrogen-bond acceptors (Lipinski definition) is 6. The zero-order valence-electron chi connectivity index (χ0n) is 12.2. The molecule has 0 fully saturated rings. The van der Waals surface area contributed by atoms with Crippen LogP contribution in [0.25, 0.3) is 0 Å². The van der Waals surface area contributed by atoms with Gasteiger partial charge in [0.1, 0.15) is 18.0 Å². The average Bonchev–Trinajstić information content (AvgIpc) is 2.98. The van der Waals surface area contributed by atoms with Crippen LogP contribution >= 0.6 is 11.3 Å². The lowest BCUT2D eigenvalue weighted by Crippen LogP contribution is -2.19. The van der Waals surface area contributed by atoms with Gasteiger partial charge in [0.25, 0.3) is 0 Å². The molecule has 1 aliphatic rings. The second-order valence-corrected chi connectivity index (χ2v) is 6.33. The van der Waals surface area contributed by atoms with Crippen LogP contribution in [0.2, 0.25) is 0 Å².